The Morgan fingerprint density at radius 2 is 1.83 bits per heavy atom. The summed E-state index contributed by atoms with van der Waals surface area (Å²) in [6.07, 6.45) is 6.79. The third-order valence-corrected chi connectivity index (χ3v) is 7.64. The number of carbonyl (C=O) groups excluding carboxylic acids is 2. The van der Waals surface area contributed by atoms with E-state index in [0.717, 1.165) is 44.2 Å². The van der Waals surface area contributed by atoms with Gasteiger partial charge in [0, 0.05) is 42.8 Å². The zero-order valence-corrected chi connectivity index (χ0v) is 18.1. The Balaban J connectivity index is 1.30. The molecule has 2 amide bonds. The molecule has 1 N–H and O–H groups in total. The third-order valence-electron chi connectivity index (χ3n) is 6.62. The van der Waals surface area contributed by atoms with Crippen molar-refractivity contribution in [3.05, 3.63) is 57.5 Å². The minimum atomic E-state index is -0.237. The number of rotatable bonds is 6. The Hall–Kier alpha value is -2.21. The van der Waals surface area contributed by atoms with E-state index in [2.05, 4.69) is 16.8 Å². The standard InChI is InChI=1S/C24H29FN2O2S/c25-20-6-4-19(5-7-20)24(12-2-1-3-13-24)17-26-22(28)8-9-23(29)27-14-10-21-18(16-27)11-15-30-21/h4-7,11,15H,1-3,8-10,12-14,16-17H2,(H,26,28). The van der Waals surface area contributed by atoms with Gasteiger partial charge in [-0.3, -0.25) is 9.59 Å². The lowest BCUT2D eigenvalue weighted by Crippen LogP contribution is -2.42. The first-order valence-corrected chi connectivity index (χ1v) is 11.8. The predicted molar refractivity (Wildman–Crippen MR) is 117 cm³/mol. The molecule has 2 aromatic rings. The number of nitrogens with one attached hydrogen (secondary N) is 1. The largest absolute Gasteiger partial charge is 0.355 e. The molecule has 1 aromatic carbocycles. The van der Waals surface area contributed by atoms with Crippen LogP contribution < -0.4 is 5.32 Å². The maximum atomic E-state index is 13.4. The first kappa shape index (κ1) is 21.0. The highest BCUT2D eigenvalue weighted by molar-refractivity contribution is 7.10. The Bertz CT molecular complexity index is 887. The number of thiophene rings is 1. The monoisotopic (exact) mass is 428 g/mol. The minimum absolute atomic E-state index is 0.0490. The average Bonchev–Trinajstić information content (AvgIpc) is 3.25. The van der Waals surface area contributed by atoms with Gasteiger partial charge < -0.3 is 10.2 Å². The van der Waals surface area contributed by atoms with E-state index in [1.807, 2.05) is 17.0 Å². The smallest absolute Gasteiger partial charge is 0.223 e. The first-order chi connectivity index (χ1) is 14.6. The van der Waals surface area contributed by atoms with E-state index >= 15 is 0 Å². The molecule has 0 radical (unpaired) electrons. The average molecular weight is 429 g/mol. The van der Waals surface area contributed by atoms with E-state index in [4.69, 9.17) is 0 Å². The maximum Gasteiger partial charge on any atom is 0.223 e. The molecular formula is C24H29FN2O2S. The quantitative estimate of drug-likeness (QED) is 0.733. The van der Waals surface area contributed by atoms with Crippen LogP contribution in [0.3, 0.4) is 0 Å². The fourth-order valence-corrected chi connectivity index (χ4v) is 5.69. The molecule has 1 fully saturated rings. The lowest BCUT2D eigenvalue weighted by molar-refractivity contribution is -0.134. The molecule has 4 rings (SSSR count). The molecule has 0 saturated heterocycles. The summed E-state index contributed by atoms with van der Waals surface area (Å²) in [5.74, 6) is -0.268. The molecule has 1 aliphatic carbocycles. The number of fused-ring (bicyclic) bond motifs is 1. The Morgan fingerprint density at radius 3 is 2.60 bits per heavy atom. The number of halogens is 1. The van der Waals surface area contributed by atoms with Crippen molar-refractivity contribution in [3.63, 3.8) is 0 Å². The summed E-state index contributed by atoms with van der Waals surface area (Å²) in [5, 5.41) is 5.15. The van der Waals surface area contributed by atoms with Crippen molar-refractivity contribution in [2.45, 2.75) is 63.3 Å². The molecular weight excluding hydrogens is 399 g/mol. The number of amides is 2. The van der Waals surface area contributed by atoms with Crippen LogP contribution in [0, 0.1) is 5.82 Å². The molecule has 0 unspecified atom stereocenters. The zero-order valence-electron chi connectivity index (χ0n) is 17.3. The van der Waals surface area contributed by atoms with E-state index < -0.39 is 0 Å². The predicted octanol–water partition coefficient (Wildman–Crippen LogP) is 4.57. The number of hydrogen-bond acceptors (Lipinski definition) is 3. The van der Waals surface area contributed by atoms with Gasteiger partial charge in [0.1, 0.15) is 5.82 Å². The number of carbonyl (C=O) groups is 2. The van der Waals surface area contributed by atoms with Crippen molar-refractivity contribution in [2.75, 3.05) is 13.1 Å². The summed E-state index contributed by atoms with van der Waals surface area (Å²) < 4.78 is 13.4. The van der Waals surface area contributed by atoms with Crippen LogP contribution in [-0.4, -0.2) is 29.8 Å². The van der Waals surface area contributed by atoms with Crippen LogP contribution in [-0.2, 0) is 28.0 Å². The van der Waals surface area contributed by atoms with Crippen LogP contribution in [0.4, 0.5) is 4.39 Å². The summed E-state index contributed by atoms with van der Waals surface area (Å²) in [7, 11) is 0. The van der Waals surface area contributed by atoms with Crippen LogP contribution in [0.1, 0.15) is 60.9 Å². The second-order valence-corrected chi connectivity index (χ2v) is 9.56. The van der Waals surface area contributed by atoms with Gasteiger partial charge in [-0.05, 0) is 54.0 Å². The van der Waals surface area contributed by atoms with Gasteiger partial charge in [0.2, 0.25) is 11.8 Å². The molecule has 1 aliphatic heterocycles. The molecule has 1 aromatic heterocycles. The summed E-state index contributed by atoms with van der Waals surface area (Å²) in [6.45, 7) is 1.95. The van der Waals surface area contributed by atoms with Gasteiger partial charge >= 0.3 is 0 Å². The molecule has 160 valence electrons. The molecule has 2 aliphatic rings. The van der Waals surface area contributed by atoms with Crippen LogP contribution in [0.2, 0.25) is 0 Å². The normalized spacial score (nSPS) is 18.0. The van der Waals surface area contributed by atoms with Crippen LogP contribution in [0.5, 0.6) is 0 Å². The SMILES string of the molecule is O=C(CCC(=O)N1CCc2sccc2C1)NCC1(c2ccc(F)cc2)CCCCC1. The van der Waals surface area contributed by atoms with Crippen LogP contribution in [0.15, 0.2) is 35.7 Å². The topological polar surface area (TPSA) is 49.4 Å². The van der Waals surface area contributed by atoms with E-state index in [1.165, 1.54) is 29.0 Å². The summed E-state index contributed by atoms with van der Waals surface area (Å²) in [4.78, 5) is 28.3. The Kier molecular flexibility index (Phi) is 6.52. The maximum absolute atomic E-state index is 13.4. The van der Waals surface area contributed by atoms with Gasteiger partial charge in [-0.2, -0.15) is 0 Å². The van der Waals surface area contributed by atoms with E-state index in [1.54, 1.807) is 11.3 Å². The summed E-state index contributed by atoms with van der Waals surface area (Å²) in [6, 6.07) is 8.80. The van der Waals surface area contributed by atoms with Crippen molar-refractivity contribution >= 4 is 23.2 Å². The molecule has 1 saturated carbocycles. The van der Waals surface area contributed by atoms with E-state index in [9.17, 15) is 14.0 Å². The van der Waals surface area contributed by atoms with Gasteiger partial charge in [0.05, 0.1) is 0 Å². The summed E-state index contributed by atoms with van der Waals surface area (Å²) in [5.41, 5.74) is 2.20. The number of hydrogen-bond donors (Lipinski definition) is 1. The van der Waals surface area contributed by atoms with E-state index in [0.29, 0.717) is 13.1 Å². The van der Waals surface area contributed by atoms with Gasteiger partial charge in [0.25, 0.3) is 0 Å². The molecule has 0 bridgehead atoms. The zero-order chi connectivity index (χ0) is 21.0. The number of nitrogens with zero attached hydrogens (tertiary/aromatic N) is 1. The molecule has 30 heavy (non-hydrogen) atoms. The van der Waals surface area contributed by atoms with Gasteiger partial charge in [-0.1, -0.05) is 31.4 Å². The van der Waals surface area contributed by atoms with Crippen molar-refractivity contribution < 1.29 is 14.0 Å². The Labute approximate surface area is 181 Å². The van der Waals surface area contributed by atoms with Gasteiger partial charge in [-0.15, -0.1) is 11.3 Å². The highest BCUT2D eigenvalue weighted by Gasteiger charge is 2.34. The summed E-state index contributed by atoms with van der Waals surface area (Å²) >= 11 is 1.75. The molecule has 0 spiro atoms. The molecule has 6 heteroatoms. The van der Waals surface area contributed by atoms with Crippen molar-refractivity contribution in [3.8, 4) is 0 Å². The van der Waals surface area contributed by atoms with Gasteiger partial charge in [-0.25, -0.2) is 4.39 Å². The van der Waals surface area contributed by atoms with Crippen molar-refractivity contribution in [1.82, 2.24) is 10.2 Å². The third kappa shape index (κ3) is 4.75. The fourth-order valence-electron chi connectivity index (χ4n) is 4.80. The second kappa shape index (κ2) is 9.29. The minimum Gasteiger partial charge on any atom is -0.355 e. The van der Waals surface area contributed by atoms with Crippen LogP contribution >= 0.6 is 11.3 Å². The van der Waals surface area contributed by atoms with Crippen molar-refractivity contribution in [1.29, 1.82) is 0 Å². The highest BCUT2D eigenvalue weighted by atomic mass is 32.1. The number of benzene rings is 1. The van der Waals surface area contributed by atoms with Gasteiger partial charge in [0.15, 0.2) is 0 Å². The molecule has 0 atom stereocenters. The first-order valence-electron chi connectivity index (χ1n) is 10.9. The van der Waals surface area contributed by atoms with Crippen LogP contribution in [0.25, 0.3) is 0 Å². The second-order valence-electron chi connectivity index (χ2n) is 8.56. The Morgan fingerprint density at radius 1 is 1.07 bits per heavy atom. The van der Waals surface area contributed by atoms with Crippen molar-refractivity contribution in [2.24, 2.45) is 0 Å². The lowest BCUT2D eigenvalue weighted by atomic mass is 9.69. The fraction of sp³-hybridized carbons (Fsp3) is 0.500. The molecule has 2 heterocycles. The van der Waals surface area contributed by atoms with E-state index in [-0.39, 0.29) is 35.9 Å². The highest BCUT2D eigenvalue weighted by Crippen LogP contribution is 2.39. The lowest BCUT2D eigenvalue weighted by Gasteiger charge is -2.38. The molecule has 4 nitrogen and oxygen atoms in total.